The SMILES string of the molecule is CCSc1ccc([C@@H](N)C(=O)O)cc1. The van der Waals surface area contributed by atoms with Crippen LogP contribution in [0, 0.1) is 0 Å². The smallest absolute Gasteiger partial charge is 0.325 e. The summed E-state index contributed by atoms with van der Waals surface area (Å²) in [4.78, 5) is 11.7. The fourth-order valence-electron chi connectivity index (χ4n) is 1.08. The molecule has 0 aliphatic heterocycles. The van der Waals surface area contributed by atoms with Gasteiger partial charge in [-0.25, -0.2) is 0 Å². The summed E-state index contributed by atoms with van der Waals surface area (Å²) in [5.74, 6) is 0.00512. The molecule has 0 heterocycles. The largest absolute Gasteiger partial charge is 0.480 e. The number of carboxylic acids is 1. The Morgan fingerprint density at radius 2 is 2.07 bits per heavy atom. The van der Waals surface area contributed by atoms with Gasteiger partial charge in [0.1, 0.15) is 6.04 Å². The highest BCUT2D eigenvalue weighted by Crippen LogP contribution is 2.19. The van der Waals surface area contributed by atoms with E-state index in [1.807, 2.05) is 12.1 Å². The maximum absolute atomic E-state index is 10.6. The monoisotopic (exact) mass is 211 g/mol. The van der Waals surface area contributed by atoms with Crippen molar-refractivity contribution in [2.45, 2.75) is 17.9 Å². The summed E-state index contributed by atoms with van der Waals surface area (Å²) in [6.45, 7) is 2.07. The van der Waals surface area contributed by atoms with Gasteiger partial charge >= 0.3 is 5.97 Å². The molecule has 4 heteroatoms. The second-order valence-electron chi connectivity index (χ2n) is 2.82. The average Bonchev–Trinajstić information content (AvgIpc) is 2.18. The molecule has 0 saturated carbocycles. The standard InChI is InChI=1S/C10H13NO2S/c1-2-14-8-5-3-7(4-6-8)9(11)10(12)13/h3-6,9H,2,11H2,1H3,(H,12,13)/t9-/m1/s1. The summed E-state index contributed by atoms with van der Waals surface area (Å²) in [5, 5.41) is 8.68. The normalized spacial score (nSPS) is 12.4. The molecule has 1 atom stereocenters. The lowest BCUT2D eigenvalue weighted by Gasteiger charge is -2.06. The van der Waals surface area contributed by atoms with Crippen molar-refractivity contribution in [2.75, 3.05) is 5.75 Å². The van der Waals surface area contributed by atoms with Gasteiger partial charge in [0.25, 0.3) is 0 Å². The highest BCUT2D eigenvalue weighted by Gasteiger charge is 2.13. The molecule has 0 bridgehead atoms. The van der Waals surface area contributed by atoms with E-state index in [0.717, 1.165) is 10.6 Å². The zero-order valence-electron chi connectivity index (χ0n) is 7.93. The minimum atomic E-state index is -0.999. The van der Waals surface area contributed by atoms with Crippen LogP contribution in [0.5, 0.6) is 0 Å². The molecule has 0 spiro atoms. The van der Waals surface area contributed by atoms with E-state index < -0.39 is 12.0 Å². The molecule has 0 unspecified atom stereocenters. The molecule has 0 aliphatic carbocycles. The Balaban J connectivity index is 2.77. The van der Waals surface area contributed by atoms with Crippen LogP contribution in [0.3, 0.4) is 0 Å². The van der Waals surface area contributed by atoms with Crippen molar-refractivity contribution < 1.29 is 9.90 Å². The van der Waals surface area contributed by atoms with Crippen LogP contribution in [0.4, 0.5) is 0 Å². The van der Waals surface area contributed by atoms with E-state index in [1.165, 1.54) is 0 Å². The molecule has 0 fully saturated rings. The van der Waals surface area contributed by atoms with Crippen molar-refractivity contribution in [3.05, 3.63) is 29.8 Å². The van der Waals surface area contributed by atoms with Gasteiger partial charge in [0.05, 0.1) is 0 Å². The zero-order valence-corrected chi connectivity index (χ0v) is 8.75. The lowest BCUT2D eigenvalue weighted by molar-refractivity contribution is -0.138. The van der Waals surface area contributed by atoms with E-state index in [-0.39, 0.29) is 0 Å². The number of nitrogens with two attached hydrogens (primary N) is 1. The molecule has 3 N–H and O–H groups in total. The van der Waals surface area contributed by atoms with Crippen LogP contribution in [0.1, 0.15) is 18.5 Å². The van der Waals surface area contributed by atoms with Crippen molar-refractivity contribution in [2.24, 2.45) is 5.73 Å². The summed E-state index contributed by atoms with van der Waals surface area (Å²) in [6.07, 6.45) is 0. The van der Waals surface area contributed by atoms with Gasteiger partial charge in [-0.05, 0) is 23.4 Å². The first-order chi connectivity index (χ1) is 6.65. The maximum atomic E-state index is 10.6. The first kappa shape index (κ1) is 11.1. The predicted molar refractivity (Wildman–Crippen MR) is 57.4 cm³/mol. The van der Waals surface area contributed by atoms with Crippen molar-refractivity contribution >= 4 is 17.7 Å². The number of aliphatic carboxylic acids is 1. The molecule has 0 aromatic heterocycles. The number of benzene rings is 1. The number of rotatable bonds is 4. The molecule has 14 heavy (non-hydrogen) atoms. The lowest BCUT2D eigenvalue weighted by Crippen LogP contribution is -2.20. The van der Waals surface area contributed by atoms with Gasteiger partial charge in [-0.2, -0.15) is 0 Å². The van der Waals surface area contributed by atoms with Crippen LogP contribution in [0.25, 0.3) is 0 Å². The third-order valence-electron chi connectivity index (χ3n) is 1.82. The summed E-state index contributed by atoms with van der Waals surface area (Å²) in [6, 6.07) is 6.39. The van der Waals surface area contributed by atoms with Gasteiger partial charge in [-0.3, -0.25) is 4.79 Å². The van der Waals surface area contributed by atoms with Crippen LogP contribution < -0.4 is 5.73 Å². The van der Waals surface area contributed by atoms with E-state index in [0.29, 0.717) is 5.56 Å². The number of thioether (sulfide) groups is 1. The van der Waals surface area contributed by atoms with Crippen molar-refractivity contribution in [3.8, 4) is 0 Å². The molecular weight excluding hydrogens is 198 g/mol. The molecule has 0 amide bonds. The summed E-state index contributed by atoms with van der Waals surface area (Å²) in [7, 11) is 0. The predicted octanol–water partition coefficient (Wildman–Crippen LogP) is 1.88. The molecule has 0 aliphatic rings. The van der Waals surface area contributed by atoms with E-state index in [4.69, 9.17) is 10.8 Å². The Morgan fingerprint density at radius 1 is 1.50 bits per heavy atom. The highest BCUT2D eigenvalue weighted by atomic mass is 32.2. The quantitative estimate of drug-likeness (QED) is 0.746. The third kappa shape index (κ3) is 2.75. The van der Waals surface area contributed by atoms with Crippen LogP contribution in [0.15, 0.2) is 29.2 Å². The third-order valence-corrected chi connectivity index (χ3v) is 2.71. The molecule has 76 valence electrons. The number of hydrogen-bond donors (Lipinski definition) is 2. The van der Waals surface area contributed by atoms with Gasteiger partial charge in [-0.15, -0.1) is 11.8 Å². The van der Waals surface area contributed by atoms with E-state index in [1.54, 1.807) is 23.9 Å². The Labute approximate surface area is 87.3 Å². The summed E-state index contributed by atoms with van der Waals surface area (Å²) < 4.78 is 0. The van der Waals surface area contributed by atoms with Gasteiger partial charge in [0.15, 0.2) is 0 Å². The highest BCUT2D eigenvalue weighted by molar-refractivity contribution is 7.99. The van der Waals surface area contributed by atoms with Gasteiger partial charge in [0.2, 0.25) is 0 Å². The summed E-state index contributed by atoms with van der Waals surface area (Å²) in [5.41, 5.74) is 6.09. The number of carbonyl (C=O) groups is 1. The zero-order chi connectivity index (χ0) is 10.6. The van der Waals surface area contributed by atoms with Gasteiger partial charge < -0.3 is 10.8 Å². The topological polar surface area (TPSA) is 63.3 Å². The van der Waals surface area contributed by atoms with E-state index >= 15 is 0 Å². The van der Waals surface area contributed by atoms with Gasteiger partial charge in [-0.1, -0.05) is 19.1 Å². The number of hydrogen-bond acceptors (Lipinski definition) is 3. The Morgan fingerprint density at radius 3 is 2.50 bits per heavy atom. The van der Waals surface area contributed by atoms with Crippen molar-refractivity contribution in [1.29, 1.82) is 0 Å². The molecule has 1 aromatic rings. The van der Waals surface area contributed by atoms with Gasteiger partial charge in [0, 0.05) is 4.90 Å². The minimum Gasteiger partial charge on any atom is -0.480 e. The lowest BCUT2D eigenvalue weighted by atomic mass is 10.1. The first-order valence-electron chi connectivity index (χ1n) is 4.36. The van der Waals surface area contributed by atoms with Crippen molar-refractivity contribution in [1.82, 2.24) is 0 Å². The summed E-state index contributed by atoms with van der Waals surface area (Å²) >= 11 is 1.72. The molecule has 1 rings (SSSR count). The fourth-order valence-corrected chi connectivity index (χ4v) is 1.74. The maximum Gasteiger partial charge on any atom is 0.325 e. The molecule has 1 aromatic carbocycles. The van der Waals surface area contributed by atoms with Crippen LogP contribution in [0.2, 0.25) is 0 Å². The van der Waals surface area contributed by atoms with Crippen LogP contribution in [-0.2, 0) is 4.79 Å². The van der Waals surface area contributed by atoms with Crippen LogP contribution in [-0.4, -0.2) is 16.8 Å². The molecule has 0 saturated heterocycles. The fraction of sp³-hybridized carbons (Fsp3) is 0.300. The average molecular weight is 211 g/mol. The van der Waals surface area contributed by atoms with Crippen LogP contribution >= 0.6 is 11.8 Å². The number of carboxylic acid groups (broad SMARTS) is 1. The Kier molecular flexibility index (Phi) is 3.98. The van der Waals surface area contributed by atoms with E-state index in [9.17, 15) is 4.79 Å². The Bertz CT molecular complexity index is 310. The minimum absolute atomic E-state index is 0.637. The molecular formula is C10H13NO2S. The van der Waals surface area contributed by atoms with Crippen molar-refractivity contribution in [3.63, 3.8) is 0 Å². The molecule has 3 nitrogen and oxygen atoms in total. The second-order valence-corrected chi connectivity index (χ2v) is 4.16. The first-order valence-corrected chi connectivity index (χ1v) is 5.35. The Hall–Kier alpha value is -1.00. The van der Waals surface area contributed by atoms with E-state index in [2.05, 4.69) is 6.92 Å². The second kappa shape index (κ2) is 5.02. The molecule has 0 radical (unpaired) electrons.